The highest BCUT2D eigenvalue weighted by atomic mass is 16.5. The van der Waals surface area contributed by atoms with Crippen LogP contribution in [-0.4, -0.2) is 24.4 Å². The summed E-state index contributed by atoms with van der Waals surface area (Å²) in [5, 5.41) is 2.64. The van der Waals surface area contributed by atoms with E-state index >= 15 is 0 Å². The van der Waals surface area contributed by atoms with E-state index < -0.39 is 11.9 Å². The van der Waals surface area contributed by atoms with Crippen LogP contribution in [0.4, 0.5) is 5.69 Å². The second-order valence-electron chi connectivity index (χ2n) is 5.19. The second-order valence-corrected chi connectivity index (χ2v) is 5.19. The van der Waals surface area contributed by atoms with Crippen LogP contribution < -0.4 is 15.8 Å². The molecule has 1 aliphatic rings. The van der Waals surface area contributed by atoms with E-state index in [1.54, 1.807) is 36.4 Å². The summed E-state index contributed by atoms with van der Waals surface area (Å²) in [6.45, 7) is -0.0235. The molecule has 0 radical (unpaired) electrons. The van der Waals surface area contributed by atoms with Gasteiger partial charge in [0.25, 0.3) is 5.91 Å². The molecule has 0 saturated carbocycles. The van der Waals surface area contributed by atoms with E-state index in [0.29, 0.717) is 22.6 Å². The second kappa shape index (κ2) is 6.41. The normalized spacial score (nSPS) is 12.6. The summed E-state index contributed by atoms with van der Waals surface area (Å²) >= 11 is 0. The number of carbonyl (C=O) groups is 3. The third kappa shape index (κ3) is 3.35. The minimum absolute atomic E-state index is 0.0621. The number of nitrogens with two attached hydrogens (primary N) is 1. The van der Waals surface area contributed by atoms with Gasteiger partial charge in [0.05, 0.1) is 11.3 Å². The number of carbonyl (C=O) groups excluding carboxylic acids is 3. The molecular formula is C17H14N2O5. The smallest absolute Gasteiger partial charge is 0.338 e. The molecule has 1 heterocycles. The Balaban J connectivity index is 1.65. The first-order valence-electron chi connectivity index (χ1n) is 7.15. The van der Waals surface area contributed by atoms with E-state index in [-0.39, 0.29) is 19.1 Å². The maximum Gasteiger partial charge on any atom is 0.338 e. The number of hydrogen-bond donors (Lipinski definition) is 2. The number of benzene rings is 2. The van der Waals surface area contributed by atoms with E-state index in [9.17, 15) is 14.4 Å². The molecule has 0 bridgehead atoms. The highest BCUT2D eigenvalue weighted by molar-refractivity contribution is 5.97. The maximum atomic E-state index is 12.1. The number of amides is 2. The van der Waals surface area contributed by atoms with Crippen molar-refractivity contribution in [3.8, 4) is 5.75 Å². The predicted molar refractivity (Wildman–Crippen MR) is 84.6 cm³/mol. The van der Waals surface area contributed by atoms with Gasteiger partial charge in [0, 0.05) is 5.56 Å². The van der Waals surface area contributed by atoms with Gasteiger partial charge in [-0.15, -0.1) is 0 Å². The Hall–Kier alpha value is -3.35. The molecule has 0 aromatic heterocycles. The average Bonchev–Trinajstić information content (AvgIpc) is 2.59. The maximum absolute atomic E-state index is 12.1. The number of esters is 1. The van der Waals surface area contributed by atoms with Crippen molar-refractivity contribution in [3.05, 3.63) is 59.2 Å². The minimum atomic E-state index is -0.516. The number of nitrogens with one attached hydrogen (secondary N) is 1. The highest BCUT2D eigenvalue weighted by Crippen LogP contribution is 2.28. The number of primary amides is 1. The molecule has 0 spiro atoms. The zero-order valence-corrected chi connectivity index (χ0v) is 12.6. The Morgan fingerprint density at radius 1 is 1.12 bits per heavy atom. The van der Waals surface area contributed by atoms with Crippen LogP contribution >= 0.6 is 0 Å². The molecule has 2 aromatic rings. The summed E-state index contributed by atoms with van der Waals surface area (Å²) in [4.78, 5) is 34.3. The summed E-state index contributed by atoms with van der Waals surface area (Å²) in [6.07, 6.45) is 0. The predicted octanol–water partition coefficient (Wildman–Crippen LogP) is 1.47. The molecule has 0 saturated heterocycles. The minimum Gasteiger partial charge on any atom is -0.482 e. The van der Waals surface area contributed by atoms with Crippen molar-refractivity contribution in [2.24, 2.45) is 5.73 Å². The molecule has 24 heavy (non-hydrogen) atoms. The fraction of sp³-hybridized carbons (Fsp3) is 0.118. The van der Waals surface area contributed by atoms with Crippen LogP contribution in [0.2, 0.25) is 0 Å². The lowest BCUT2D eigenvalue weighted by atomic mass is 10.1. The van der Waals surface area contributed by atoms with Gasteiger partial charge < -0.3 is 20.5 Å². The van der Waals surface area contributed by atoms with Gasteiger partial charge in [-0.25, -0.2) is 4.79 Å². The third-order valence-corrected chi connectivity index (χ3v) is 3.46. The van der Waals surface area contributed by atoms with Crippen LogP contribution in [-0.2, 0) is 16.1 Å². The number of anilines is 1. The van der Waals surface area contributed by atoms with Crippen molar-refractivity contribution < 1.29 is 23.9 Å². The van der Waals surface area contributed by atoms with E-state index in [4.69, 9.17) is 15.2 Å². The van der Waals surface area contributed by atoms with Gasteiger partial charge in [-0.2, -0.15) is 0 Å². The van der Waals surface area contributed by atoms with Crippen LogP contribution in [0.5, 0.6) is 5.75 Å². The Morgan fingerprint density at radius 3 is 2.54 bits per heavy atom. The lowest BCUT2D eigenvalue weighted by Crippen LogP contribution is -2.25. The van der Waals surface area contributed by atoms with Crippen molar-refractivity contribution in [3.63, 3.8) is 0 Å². The monoisotopic (exact) mass is 326 g/mol. The summed E-state index contributed by atoms with van der Waals surface area (Å²) < 4.78 is 10.5. The fourth-order valence-corrected chi connectivity index (χ4v) is 2.20. The Bertz CT molecular complexity index is 814. The highest BCUT2D eigenvalue weighted by Gasteiger charge is 2.18. The molecule has 0 fully saturated rings. The van der Waals surface area contributed by atoms with Crippen molar-refractivity contribution >= 4 is 23.5 Å². The first-order valence-corrected chi connectivity index (χ1v) is 7.15. The van der Waals surface area contributed by atoms with Crippen LogP contribution in [0.1, 0.15) is 26.3 Å². The molecule has 3 rings (SSSR count). The van der Waals surface area contributed by atoms with Crippen LogP contribution in [0.25, 0.3) is 0 Å². The zero-order chi connectivity index (χ0) is 17.1. The topological polar surface area (TPSA) is 108 Å². The quantitative estimate of drug-likeness (QED) is 0.827. The van der Waals surface area contributed by atoms with Gasteiger partial charge in [-0.3, -0.25) is 9.59 Å². The third-order valence-electron chi connectivity index (χ3n) is 3.46. The Kier molecular flexibility index (Phi) is 4.15. The van der Waals surface area contributed by atoms with Crippen molar-refractivity contribution in [1.82, 2.24) is 0 Å². The number of rotatable bonds is 4. The van der Waals surface area contributed by atoms with Gasteiger partial charge in [-0.05, 0) is 35.9 Å². The lowest BCUT2D eigenvalue weighted by molar-refractivity contribution is -0.118. The standard InChI is InChI=1S/C17H14N2O5/c18-16(21)11-3-1-10(2-4-11)8-24-17(22)12-5-6-13-14(7-12)23-9-15(20)19-13/h1-7H,8-9H2,(H2,18,21)(H,19,20). The SMILES string of the molecule is NC(=O)c1ccc(COC(=O)c2ccc3c(c2)OCC(=O)N3)cc1. The molecule has 3 N–H and O–H groups in total. The summed E-state index contributed by atoms with van der Waals surface area (Å²) in [5.41, 5.74) is 7.12. The molecule has 0 aliphatic carbocycles. The molecule has 2 aromatic carbocycles. The first-order chi connectivity index (χ1) is 11.5. The fourth-order valence-electron chi connectivity index (χ4n) is 2.20. The molecule has 1 aliphatic heterocycles. The number of hydrogen-bond acceptors (Lipinski definition) is 5. The van der Waals surface area contributed by atoms with Crippen LogP contribution in [0.15, 0.2) is 42.5 Å². The summed E-state index contributed by atoms with van der Waals surface area (Å²) in [7, 11) is 0. The molecular weight excluding hydrogens is 312 g/mol. The van der Waals surface area contributed by atoms with Crippen molar-refractivity contribution in [2.45, 2.75) is 6.61 Å². The summed E-state index contributed by atoms with van der Waals surface area (Å²) in [6, 6.07) is 11.1. The van der Waals surface area contributed by atoms with Gasteiger partial charge >= 0.3 is 5.97 Å². The molecule has 0 unspecified atom stereocenters. The zero-order valence-electron chi connectivity index (χ0n) is 12.6. The molecule has 7 nitrogen and oxygen atoms in total. The Labute approximate surface area is 137 Å². The largest absolute Gasteiger partial charge is 0.482 e. The van der Waals surface area contributed by atoms with Gasteiger partial charge in [0.2, 0.25) is 5.91 Å². The molecule has 0 atom stereocenters. The Morgan fingerprint density at radius 2 is 1.83 bits per heavy atom. The van der Waals surface area contributed by atoms with Gasteiger partial charge in [0.1, 0.15) is 12.4 Å². The lowest BCUT2D eigenvalue weighted by Gasteiger charge is -2.18. The first kappa shape index (κ1) is 15.5. The molecule has 7 heteroatoms. The average molecular weight is 326 g/mol. The van der Waals surface area contributed by atoms with E-state index in [0.717, 1.165) is 5.56 Å². The van der Waals surface area contributed by atoms with Crippen LogP contribution in [0.3, 0.4) is 0 Å². The van der Waals surface area contributed by atoms with Gasteiger partial charge in [0.15, 0.2) is 6.61 Å². The van der Waals surface area contributed by atoms with Gasteiger partial charge in [-0.1, -0.05) is 12.1 Å². The number of ether oxygens (including phenoxy) is 2. The van der Waals surface area contributed by atoms with Crippen molar-refractivity contribution in [1.29, 1.82) is 0 Å². The molecule has 2 amide bonds. The summed E-state index contributed by atoms with van der Waals surface area (Å²) in [5.74, 6) is -0.843. The van der Waals surface area contributed by atoms with E-state index in [1.165, 1.54) is 6.07 Å². The number of fused-ring (bicyclic) bond motifs is 1. The van der Waals surface area contributed by atoms with E-state index in [2.05, 4.69) is 5.32 Å². The van der Waals surface area contributed by atoms with E-state index in [1.807, 2.05) is 0 Å². The van der Waals surface area contributed by atoms with Crippen molar-refractivity contribution in [2.75, 3.05) is 11.9 Å². The van der Waals surface area contributed by atoms with Crippen LogP contribution in [0, 0.1) is 0 Å². The molecule has 122 valence electrons.